The van der Waals surface area contributed by atoms with Gasteiger partial charge in [0.25, 0.3) is 0 Å². The van der Waals surface area contributed by atoms with Crippen molar-refractivity contribution in [2.45, 2.75) is 26.0 Å². The van der Waals surface area contributed by atoms with E-state index < -0.39 is 11.9 Å². The van der Waals surface area contributed by atoms with Gasteiger partial charge in [0.05, 0.1) is 0 Å². The van der Waals surface area contributed by atoms with Crippen molar-refractivity contribution in [2.24, 2.45) is 11.7 Å². The Kier molecular flexibility index (Phi) is 8.03. The van der Waals surface area contributed by atoms with E-state index in [1.54, 1.807) is 23.5 Å². The number of hydrogen-bond acceptors (Lipinski definition) is 5. The molecule has 0 amide bonds. The van der Waals surface area contributed by atoms with Gasteiger partial charge in [-0.15, -0.1) is 11.3 Å². The number of hydrogen-bond donors (Lipinski definition) is 3. The first-order valence-corrected chi connectivity index (χ1v) is 8.27. The molecule has 6 nitrogen and oxygen atoms in total. The van der Waals surface area contributed by atoms with Crippen molar-refractivity contribution in [3.8, 4) is 5.75 Å². The molecule has 0 radical (unpaired) electrons. The molecule has 4 N–H and O–H groups in total. The molecule has 8 heteroatoms. The molecule has 0 saturated heterocycles. The molecule has 0 aliphatic carbocycles. The lowest BCUT2D eigenvalue weighted by molar-refractivity contribution is -0.159. The molecule has 0 aliphatic heterocycles. The second-order valence-electron chi connectivity index (χ2n) is 5.44. The van der Waals surface area contributed by atoms with Crippen molar-refractivity contribution < 1.29 is 28.9 Å². The molecule has 2 atom stereocenters. The number of benzene rings is 1. The quantitative estimate of drug-likeness (QED) is 0.699. The zero-order valence-electron chi connectivity index (χ0n) is 13.8. The molecular formula is C17H20FNO5S. The average Bonchev–Trinajstić information content (AvgIpc) is 3.08. The summed E-state index contributed by atoms with van der Waals surface area (Å²) in [5.74, 6) is -2.98. The van der Waals surface area contributed by atoms with Crippen LogP contribution in [0.2, 0.25) is 0 Å². The first-order chi connectivity index (χ1) is 11.7. The molecule has 0 saturated carbocycles. The number of rotatable bonds is 5. The van der Waals surface area contributed by atoms with Gasteiger partial charge >= 0.3 is 11.9 Å². The van der Waals surface area contributed by atoms with Crippen LogP contribution in [0.4, 0.5) is 4.39 Å². The highest BCUT2D eigenvalue weighted by Crippen LogP contribution is 2.30. The van der Waals surface area contributed by atoms with Crippen molar-refractivity contribution in [1.29, 1.82) is 0 Å². The summed E-state index contributed by atoms with van der Waals surface area (Å²) >= 11 is 1.62. The minimum atomic E-state index is -1.82. The van der Waals surface area contributed by atoms with E-state index in [-0.39, 0.29) is 18.0 Å². The Hall–Kier alpha value is -2.45. The zero-order chi connectivity index (χ0) is 19.0. The monoisotopic (exact) mass is 369 g/mol. The summed E-state index contributed by atoms with van der Waals surface area (Å²) in [5, 5.41) is 16.8. The number of nitrogens with two attached hydrogens (primary N) is 1. The van der Waals surface area contributed by atoms with Crippen LogP contribution in [-0.2, 0) is 9.59 Å². The lowest BCUT2D eigenvalue weighted by Crippen LogP contribution is -2.36. The molecule has 1 aromatic heterocycles. The number of carboxylic acids is 2. The Bertz CT molecular complexity index is 661. The van der Waals surface area contributed by atoms with Gasteiger partial charge < -0.3 is 20.7 Å². The van der Waals surface area contributed by atoms with E-state index in [4.69, 9.17) is 30.3 Å². The maximum absolute atomic E-state index is 12.9. The van der Waals surface area contributed by atoms with Gasteiger partial charge in [0.1, 0.15) is 17.7 Å². The van der Waals surface area contributed by atoms with Crippen LogP contribution < -0.4 is 10.5 Å². The minimum absolute atomic E-state index is 0.108. The summed E-state index contributed by atoms with van der Waals surface area (Å²) in [6.45, 7) is 4.14. The van der Waals surface area contributed by atoms with Gasteiger partial charge in [0.15, 0.2) is 0 Å². The predicted octanol–water partition coefficient (Wildman–Crippen LogP) is 3.15. The fourth-order valence-electron chi connectivity index (χ4n) is 1.79. The number of thiophene rings is 1. The summed E-state index contributed by atoms with van der Waals surface area (Å²) in [5.41, 5.74) is 6.24. The second kappa shape index (κ2) is 9.75. The lowest BCUT2D eigenvalue weighted by Gasteiger charge is -2.27. The van der Waals surface area contributed by atoms with Crippen molar-refractivity contribution in [3.63, 3.8) is 0 Å². The van der Waals surface area contributed by atoms with Crippen LogP contribution in [0.3, 0.4) is 0 Å². The SMILES string of the molecule is CC(C)C(N)C(Oc1ccc(F)cc1)c1cccs1.O=C(O)C(=O)O. The highest BCUT2D eigenvalue weighted by molar-refractivity contribution is 7.10. The Labute approximate surface area is 148 Å². The number of carboxylic acid groups (broad SMARTS) is 2. The van der Waals surface area contributed by atoms with Crippen molar-refractivity contribution in [3.05, 3.63) is 52.5 Å². The maximum atomic E-state index is 12.9. The summed E-state index contributed by atoms with van der Waals surface area (Å²) in [7, 11) is 0. The first kappa shape index (κ1) is 20.6. The van der Waals surface area contributed by atoms with Gasteiger partial charge in [0, 0.05) is 10.9 Å². The molecule has 136 valence electrons. The third-order valence-electron chi connectivity index (χ3n) is 3.20. The largest absolute Gasteiger partial charge is 0.483 e. The molecule has 0 spiro atoms. The van der Waals surface area contributed by atoms with Crippen LogP contribution in [0.15, 0.2) is 41.8 Å². The van der Waals surface area contributed by atoms with Gasteiger partial charge in [-0.3, -0.25) is 0 Å². The van der Waals surface area contributed by atoms with E-state index in [0.29, 0.717) is 11.7 Å². The highest BCUT2D eigenvalue weighted by Gasteiger charge is 2.25. The van der Waals surface area contributed by atoms with Crippen molar-refractivity contribution >= 4 is 23.3 Å². The fraction of sp³-hybridized carbons (Fsp3) is 0.294. The summed E-state index contributed by atoms with van der Waals surface area (Å²) in [4.78, 5) is 19.3. The number of carbonyl (C=O) groups is 2. The zero-order valence-corrected chi connectivity index (χ0v) is 14.6. The van der Waals surface area contributed by atoms with Gasteiger partial charge in [0.2, 0.25) is 0 Å². The van der Waals surface area contributed by atoms with Crippen LogP contribution in [-0.4, -0.2) is 28.2 Å². The Morgan fingerprint density at radius 3 is 2.08 bits per heavy atom. The Morgan fingerprint density at radius 2 is 1.68 bits per heavy atom. The van der Waals surface area contributed by atoms with E-state index in [0.717, 1.165) is 4.88 Å². The molecule has 0 fully saturated rings. The first-order valence-electron chi connectivity index (χ1n) is 7.39. The Morgan fingerprint density at radius 1 is 1.12 bits per heavy atom. The van der Waals surface area contributed by atoms with Gasteiger partial charge in [-0.05, 0) is 41.6 Å². The van der Waals surface area contributed by atoms with Gasteiger partial charge in [-0.1, -0.05) is 19.9 Å². The molecular weight excluding hydrogens is 349 g/mol. The number of aliphatic carboxylic acids is 2. The van der Waals surface area contributed by atoms with Crippen molar-refractivity contribution in [1.82, 2.24) is 0 Å². The van der Waals surface area contributed by atoms with Crippen molar-refractivity contribution in [2.75, 3.05) is 0 Å². The minimum Gasteiger partial charge on any atom is -0.483 e. The smallest absolute Gasteiger partial charge is 0.414 e. The standard InChI is InChI=1S/C15H18FNOS.C2H2O4/c1-10(2)14(17)15(13-4-3-9-19-13)18-12-7-5-11(16)6-8-12;3-1(4)2(5)6/h3-10,14-15H,17H2,1-2H3;(H,3,4)(H,5,6). The van der Waals surface area contributed by atoms with E-state index in [2.05, 4.69) is 13.8 Å². The van der Waals surface area contributed by atoms with Crippen LogP contribution in [0.5, 0.6) is 5.75 Å². The van der Waals surface area contributed by atoms with E-state index in [9.17, 15) is 4.39 Å². The fourth-order valence-corrected chi connectivity index (χ4v) is 2.60. The molecule has 2 aromatic rings. The molecule has 2 rings (SSSR count). The van der Waals surface area contributed by atoms with Crippen LogP contribution >= 0.6 is 11.3 Å². The topological polar surface area (TPSA) is 110 Å². The number of ether oxygens (including phenoxy) is 1. The van der Waals surface area contributed by atoms with Gasteiger partial charge in [-0.25, -0.2) is 14.0 Å². The third kappa shape index (κ3) is 6.90. The normalized spacial score (nSPS) is 12.7. The summed E-state index contributed by atoms with van der Waals surface area (Å²) < 4.78 is 18.9. The molecule has 2 unspecified atom stereocenters. The van der Waals surface area contributed by atoms with E-state index in [1.165, 1.54) is 12.1 Å². The van der Waals surface area contributed by atoms with E-state index in [1.807, 2.05) is 17.5 Å². The molecule has 0 bridgehead atoms. The molecule has 0 aliphatic rings. The van der Waals surface area contributed by atoms with Crippen LogP contribution in [0.1, 0.15) is 24.8 Å². The highest BCUT2D eigenvalue weighted by atomic mass is 32.1. The van der Waals surface area contributed by atoms with Crippen LogP contribution in [0, 0.1) is 11.7 Å². The summed E-state index contributed by atoms with van der Waals surface area (Å²) in [6.07, 6.45) is -0.203. The second-order valence-corrected chi connectivity index (χ2v) is 6.42. The molecule has 25 heavy (non-hydrogen) atoms. The van der Waals surface area contributed by atoms with E-state index >= 15 is 0 Å². The van der Waals surface area contributed by atoms with Gasteiger partial charge in [-0.2, -0.15) is 0 Å². The molecule has 1 aromatic carbocycles. The maximum Gasteiger partial charge on any atom is 0.414 e. The third-order valence-corrected chi connectivity index (χ3v) is 4.14. The average molecular weight is 369 g/mol. The van der Waals surface area contributed by atoms with Crippen LogP contribution in [0.25, 0.3) is 0 Å². The predicted molar refractivity (Wildman–Crippen MR) is 92.2 cm³/mol. The lowest BCUT2D eigenvalue weighted by atomic mass is 9.98. The molecule has 1 heterocycles. The Balaban J connectivity index is 0.000000450. The number of halogens is 1. The summed E-state index contributed by atoms with van der Waals surface area (Å²) in [6, 6.07) is 9.92.